The van der Waals surface area contributed by atoms with E-state index in [0.29, 0.717) is 6.42 Å². The van der Waals surface area contributed by atoms with Crippen molar-refractivity contribution in [2.75, 3.05) is 5.32 Å². The van der Waals surface area contributed by atoms with Crippen molar-refractivity contribution < 1.29 is 13.6 Å². The Morgan fingerprint density at radius 2 is 1.20 bits per heavy atom. The van der Waals surface area contributed by atoms with Gasteiger partial charge in [0.25, 0.3) is 0 Å². The molecule has 0 saturated carbocycles. The van der Waals surface area contributed by atoms with Crippen LogP contribution in [0.5, 0.6) is 0 Å². The maximum Gasteiger partial charge on any atom is 0.228 e. The number of aromatic nitrogens is 7. The summed E-state index contributed by atoms with van der Waals surface area (Å²) >= 11 is 0. The van der Waals surface area contributed by atoms with Gasteiger partial charge in [0.2, 0.25) is 5.91 Å². The molecule has 4 aromatic carbocycles. The highest BCUT2D eigenvalue weighted by molar-refractivity contribution is 5.99. The number of halogens is 2. The number of benzene rings is 4. The summed E-state index contributed by atoms with van der Waals surface area (Å²) in [5, 5.41) is 3.99. The Morgan fingerprint density at radius 3 is 1.80 bits per heavy atom. The number of nitrogens with zero attached hydrogens (tertiary/aromatic N) is 6. The molecule has 6 heterocycles. The van der Waals surface area contributed by atoms with Crippen LogP contribution < -0.4 is 5.32 Å². The molecule has 11 heteroatoms. The SMILES string of the molecule is Fc1ccc(-n2c(-c3ccc4cc[nH]c4c3)nc3ccncc32)cc1.O=C1Cc2cc(-c3nc4ccncc4n3-c3ccc(F)cc3)ccc2N1. The van der Waals surface area contributed by atoms with Gasteiger partial charge in [-0.1, -0.05) is 12.1 Å². The first-order valence-corrected chi connectivity index (χ1v) is 16.2. The molecule has 1 amide bonds. The van der Waals surface area contributed by atoms with Gasteiger partial charge in [-0.05, 0) is 102 Å². The average Bonchev–Trinajstić information content (AvgIpc) is 3.95. The Labute approximate surface area is 288 Å². The molecule has 2 N–H and O–H groups in total. The number of aromatic amines is 1. The summed E-state index contributed by atoms with van der Waals surface area (Å²) < 4.78 is 30.7. The van der Waals surface area contributed by atoms with Crippen LogP contribution in [0.25, 0.3) is 67.1 Å². The zero-order valence-electron chi connectivity index (χ0n) is 26.8. The fourth-order valence-electron chi connectivity index (χ4n) is 6.49. The van der Waals surface area contributed by atoms with Crippen molar-refractivity contribution >= 4 is 44.6 Å². The number of rotatable bonds is 4. The Hall–Kier alpha value is -7.01. The van der Waals surface area contributed by atoms with Gasteiger partial charge in [0.1, 0.15) is 23.3 Å². The zero-order chi connectivity index (χ0) is 34.5. The lowest BCUT2D eigenvalue weighted by molar-refractivity contribution is -0.115. The normalized spacial score (nSPS) is 12.2. The third-order valence-corrected chi connectivity index (χ3v) is 8.88. The molecule has 51 heavy (non-hydrogen) atoms. The monoisotopic (exact) mass is 672 g/mol. The topological polar surface area (TPSA) is 106 Å². The molecule has 0 radical (unpaired) electrons. The van der Waals surface area contributed by atoms with Crippen LogP contribution in [0.4, 0.5) is 14.5 Å². The Morgan fingerprint density at radius 1 is 0.627 bits per heavy atom. The third-order valence-electron chi connectivity index (χ3n) is 8.88. The number of nitrogens with one attached hydrogen (secondary N) is 2. The number of carbonyl (C=O) groups excluding carboxylic acids is 1. The number of H-pyrrole nitrogens is 1. The molecule has 0 saturated heterocycles. The summed E-state index contributed by atoms with van der Waals surface area (Å²) in [4.78, 5) is 32.8. The minimum absolute atomic E-state index is 0.00612. The highest BCUT2D eigenvalue weighted by Gasteiger charge is 2.21. The summed E-state index contributed by atoms with van der Waals surface area (Å²) in [5.74, 6) is 0.960. The van der Waals surface area contributed by atoms with E-state index < -0.39 is 0 Å². The van der Waals surface area contributed by atoms with E-state index in [1.54, 1.807) is 49.1 Å². The van der Waals surface area contributed by atoms with Crippen LogP contribution in [0.3, 0.4) is 0 Å². The molecule has 0 aliphatic carbocycles. The van der Waals surface area contributed by atoms with Gasteiger partial charge in [-0.2, -0.15) is 0 Å². The number of anilines is 1. The van der Waals surface area contributed by atoms with E-state index in [1.807, 2.05) is 57.8 Å². The van der Waals surface area contributed by atoms with Gasteiger partial charge in [0, 0.05) is 52.3 Å². The first-order chi connectivity index (χ1) is 25.0. The molecule has 1 aliphatic heterocycles. The number of pyridine rings is 2. The Bertz CT molecular complexity index is 2750. The van der Waals surface area contributed by atoms with Crippen LogP contribution in [0.2, 0.25) is 0 Å². The van der Waals surface area contributed by atoms with Gasteiger partial charge in [-0.3, -0.25) is 23.9 Å². The summed E-state index contributed by atoms with van der Waals surface area (Å²) in [5.41, 5.74) is 9.72. The highest BCUT2D eigenvalue weighted by Crippen LogP contribution is 2.33. The van der Waals surface area contributed by atoms with Crippen LogP contribution in [-0.2, 0) is 11.2 Å². The van der Waals surface area contributed by atoms with E-state index in [1.165, 1.54) is 24.3 Å². The molecule has 0 atom stereocenters. The lowest BCUT2D eigenvalue weighted by Crippen LogP contribution is -2.03. The van der Waals surface area contributed by atoms with Gasteiger partial charge >= 0.3 is 0 Å². The molecule has 0 bridgehead atoms. The van der Waals surface area contributed by atoms with Crippen molar-refractivity contribution in [1.29, 1.82) is 0 Å². The smallest absolute Gasteiger partial charge is 0.228 e. The minimum atomic E-state index is -0.292. The molecular formula is C40H26F2N8O. The fraction of sp³-hybridized carbons (Fsp3) is 0.0250. The summed E-state index contributed by atoms with van der Waals surface area (Å²) in [6.07, 6.45) is 9.22. The van der Waals surface area contributed by atoms with Gasteiger partial charge in [0.05, 0.1) is 40.9 Å². The molecule has 5 aromatic heterocycles. The second-order valence-corrected chi connectivity index (χ2v) is 12.1. The van der Waals surface area contributed by atoms with Gasteiger partial charge in [-0.15, -0.1) is 0 Å². The molecule has 0 fully saturated rings. The first-order valence-electron chi connectivity index (χ1n) is 16.2. The predicted octanol–water partition coefficient (Wildman–Crippen LogP) is 8.43. The number of carbonyl (C=O) groups is 1. The summed E-state index contributed by atoms with van der Waals surface area (Å²) in [6.45, 7) is 0. The standard InChI is InChI=1S/C20H13FN4O.C20H13FN4/c21-14-2-4-15(5-3-14)25-18-11-22-8-7-17(18)24-20(25)12-1-6-16-13(9-12)10-19(26)23-16;21-15-3-5-16(6-4-15)25-19-12-22-9-8-17(19)24-20(25)14-2-1-13-7-10-23-18(13)11-14/h1-9,11H,10H2,(H,23,26);1-12,23H. The lowest BCUT2D eigenvalue weighted by Gasteiger charge is -2.10. The van der Waals surface area contributed by atoms with Gasteiger partial charge in [-0.25, -0.2) is 18.7 Å². The predicted molar refractivity (Wildman–Crippen MR) is 193 cm³/mol. The van der Waals surface area contributed by atoms with Crippen molar-refractivity contribution in [2.45, 2.75) is 6.42 Å². The summed E-state index contributed by atoms with van der Waals surface area (Å²) in [6, 6.07) is 30.4. The van der Waals surface area contributed by atoms with Crippen LogP contribution in [0.1, 0.15) is 5.56 Å². The van der Waals surface area contributed by atoms with Crippen molar-refractivity contribution in [3.05, 3.63) is 151 Å². The molecule has 10 rings (SSSR count). The van der Waals surface area contributed by atoms with Crippen LogP contribution in [-0.4, -0.2) is 40.0 Å². The third kappa shape index (κ3) is 5.46. The second kappa shape index (κ2) is 12.1. The average molecular weight is 673 g/mol. The molecule has 246 valence electrons. The van der Waals surface area contributed by atoms with E-state index in [9.17, 15) is 13.6 Å². The Balaban J connectivity index is 0.000000137. The van der Waals surface area contributed by atoms with Crippen LogP contribution >= 0.6 is 0 Å². The fourth-order valence-corrected chi connectivity index (χ4v) is 6.49. The second-order valence-electron chi connectivity index (χ2n) is 12.1. The van der Waals surface area contributed by atoms with Crippen LogP contribution in [0.15, 0.2) is 134 Å². The van der Waals surface area contributed by atoms with Gasteiger partial charge in [0.15, 0.2) is 0 Å². The Kier molecular flexibility index (Phi) is 7.16. The van der Waals surface area contributed by atoms with Crippen molar-refractivity contribution in [3.8, 4) is 34.2 Å². The maximum absolute atomic E-state index is 13.4. The first kappa shape index (κ1) is 30.1. The number of hydrogen-bond acceptors (Lipinski definition) is 5. The lowest BCUT2D eigenvalue weighted by atomic mass is 10.1. The summed E-state index contributed by atoms with van der Waals surface area (Å²) in [7, 11) is 0. The highest BCUT2D eigenvalue weighted by atomic mass is 19.1. The number of imidazole rings is 2. The molecule has 1 aliphatic rings. The van der Waals surface area contributed by atoms with E-state index in [2.05, 4.69) is 32.4 Å². The quantitative estimate of drug-likeness (QED) is 0.195. The number of hydrogen-bond donors (Lipinski definition) is 2. The zero-order valence-corrected chi connectivity index (χ0v) is 26.8. The molecule has 9 aromatic rings. The van der Waals surface area contributed by atoms with Crippen molar-refractivity contribution in [1.82, 2.24) is 34.1 Å². The largest absolute Gasteiger partial charge is 0.361 e. The molecule has 9 nitrogen and oxygen atoms in total. The van der Waals surface area contributed by atoms with E-state index in [0.717, 1.165) is 78.4 Å². The van der Waals surface area contributed by atoms with Crippen LogP contribution in [0, 0.1) is 11.6 Å². The van der Waals surface area contributed by atoms with Crippen molar-refractivity contribution in [3.63, 3.8) is 0 Å². The van der Waals surface area contributed by atoms with E-state index in [4.69, 9.17) is 9.97 Å². The minimum Gasteiger partial charge on any atom is -0.361 e. The molecular weight excluding hydrogens is 646 g/mol. The number of fused-ring (bicyclic) bond motifs is 4. The molecule has 0 unspecified atom stereocenters. The van der Waals surface area contributed by atoms with E-state index in [-0.39, 0.29) is 17.5 Å². The van der Waals surface area contributed by atoms with E-state index >= 15 is 0 Å². The number of amides is 1. The van der Waals surface area contributed by atoms with Crippen molar-refractivity contribution in [2.24, 2.45) is 0 Å². The maximum atomic E-state index is 13.4. The van der Waals surface area contributed by atoms with Gasteiger partial charge < -0.3 is 10.3 Å². The molecule has 0 spiro atoms.